The van der Waals surface area contributed by atoms with Crippen molar-refractivity contribution in [3.05, 3.63) is 41.6 Å². The van der Waals surface area contributed by atoms with E-state index in [0.717, 1.165) is 11.8 Å². The summed E-state index contributed by atoms with van der Waals surface area (Å²) in [4.78, 5) is 23.5. The van der Waals surface area contributed by atoms with Gasteiger partial charge in [0.15, 0.2) is 6.29 Å². The molecular weight excluding hydrogens is 204 g/mol. The molecule has 0 aliphatic carbocycles. The molecule has 1 amide bonds. The Morgan fingerprint density at radius 1 is 1.19 bits per heavy atom. The first-order valence-corrected chi connectivity index (χ1v) is 4.78. The number of hydrogen-bond acceptors (Lipinski definition) is 3. The topological polar surface area (TPSA) is 63.4 Å². The fraction of sp³-hybridized carbons (Fsp3) is 0.167. The fourth-order valence-electron chi connectivity index (χ4n) is 1.28. The van der Waals surface area contributed by atoms with Crippen molar-refractivity contribution in [1.29, 1.82) is 0 Å². The van der Waals surface area contributed by atoms with Crippen molar-refractivity contribution in [3.8, 4) is 0 Å². The second kappa shape index (κ2) is 5.11. The van der Waals surface area contributed by atoms with Gasteiger partial charge in [-0.25, -0.2) is 0 Å². The van der Waals surface area contributed by atoms with Gasteiger partial charge >= 0.3 is 0 Å². The molecule has 0 aliphatic heterocycles. The lowest BCUT2D eigenvalue weighted by molar-refractivity contribution is -0.103. The smallest absolute Gasteiger partial charge is 0.248 e. The third-order valence-corrected chi connectivity index (χ3v) is 2.03. The number of amides is 1. The summed E-state index contributed by atoms with van der Waals surface area (Å²) in [7, 11) is 3.67. The third-order valence-electron chi connectivity index (χ3n) is 2.03. The number of carbonyl (C=O) groups is 2. The Labute approximate surface area is 94.4 Å². The second-order valence-electron chi connectivity index (χ2n) is 3.61. The second-order valence-corrected chi connectivity index (χ2v) is 3.61. The van der Waals surface area contributed by atoms with E-state index in [9.17, 15) is 9.59 Å². The Balaban J connectivity index is 3.04. The van der Waals surface area contributed by atoms with Crippen molar-refractivity contribution in [2.75, 3.05) is 14.1 Å². The molecule has 0 unspecified atom stereocenters. The SMILES string of the molecule is CN(C)C=C(C=O)c1ccc(C(N)=O)cc1. The first kappa shape index (κ1) is 12.0. The number of benzene rings is 1. The van der Waals surface area contributed by atoms with Crippen molar-refractivity contribution < 1.29 is 9.59 Å². The molecule has 0 saturated carbocycles. The number of rotatable bonds is 4. The number of primary amides is 1. The highest BCUT2D eigenvalue weighted by Gasteiger charge is 2.03. The van der Waals surface area contributed by atoms with Crippen molar-refractivity contribution in [2.24, 2.45) is 5.73 Å². The molecule has 4 heteroatoms. The molecule has 2 N–H and O–H groups in total. The van der Waals surface area contributed by atoms with Crippen LogP contribution in [0.2, 0.25) is 0 Å². The summed E-state index contributed by atoms with van der Waals surface area (Å²) < 4.78 is 0. The average molecular weight is 218 g/mol. The van der Waals surface area contributed by atoms with Gasteiger partial charge in [0.1, 0.15) is 0 Å². The highest BCUT2D eigenvalue weighted by molar-refractivity contribution is 6.07. The predicted octanol–water partition coefficient (Wildman–Crippen LogP) is 0.887. The van der Waals surface area contributed by atoms with Crippen LogP contribution in [0.1, 0.15) is 15.9 Å². The lowest BCUT2D eigenvalue weighted by Gasteiger charge is -2.07. The summed E-state index contributed by atoms with van der Waals surface area (Å²) in [6.45, 7) is 0. The summed E-state index contributed by atoms with van der Waals surface area (Å²) in [5.41, 5.74) is 6.87. The number of nitrogens with two attached hydrogens (primary N) is 1. The summed E-state index contributed by atoms with van der Waals surface area (Å²) in [6.07, 6.45) is 2.49. The van der Waals surface area contributed by atoms with E-state index in [2.05, 4.69) is 0 Å². The zero-order valence-corrected chi connectivity index (χ0v) is 9.31. The molecule has 0 saturated heterocycles. The molecule has 0 bridgehead atoms. The Kier molecular flexibility index (Phi) is 3.83. The third kappa shape index (κ3) is 2.95. The minimum absolute atomic E-state index is 0.429. The summed E-state index contributed by atoms with van der Waals surface area (Å²) in [5.74, 6) is -0.476. The monoisotopic (exact) mass is 218 g/mol. The summed E-state index contributed by atoms with van der Waals surface area (Å²) in [5, 5.41) is 0. The van der Waals surface area contributed by atoms with E-state index in [1.807, 2.05) is 14.1 Å². The van der Waals surface area contributed by atoms with E-state index in [1.54, 1.807) is 35.4 Å². The van der Waals surface area contributed by atoms with Gasteiger partial charge in [-0.1, -0.05) is 12.1 Å². The van der Waals surface area contributed by atoms with Crippen LogP contribution >= 0.6 is 0 Å². The molecule has 1 rings (SSSR count). The quantitative estimate of drug-likeness (QED) is 0.603. The van der Waals surface area contributed by atoms with E-state index in [0.29, 0.717) is 11.1 Å². The number of hydrogen-bond donors (Lipinski definition) is 1. The molecule has 0 aromatic heterocycles. The highest BCUT2D eigenvalue weighted by atomic mass is 16.1. The number of allylic oxidation sites excluding steroid dienone is 1. The molecule has 0 atom stereocenters. The molecule has 16 heavy (non-hydrogen) atoms. The lowest BCUT2D eigenvalue weighted by atomic mass is 10.1. The first-order chi connectivity index (χ1) is 7.54. The molecule has 84 valence electrons. The maximum Gasteiger partial charge on any atom is 0.248 e. The van der Waals surface area contributed by atoms with E-state index in [1.165, 1.54) is 0 Å². The van der Waals surface area contributed by atoms with Crippen molar-refractivity contribution >= 4 is 17.8 Å². The van der Waals surface area contributed by atoms with Crippen LogP contribution in [0, 0.1) is 0 Å². The van der Waals surface area contributed by atoms with Crippen LogP contribution in [0.4, 0.5) is 0 Å². The zero-order chi connectivity index (χ0) is 12.1. The van der Waals surface area contributed by atoms with Crippen molar-refractivity contribution in [1.82, 2.24) is 4.90 Å². The van der Waals surface area contributed by atoms with E-state index in [-0.39, 0.29) is 0 Å². The molecular formula is C12H14N2O2. The van der Waals surface area contributed by atoms with Gasteiger partial charge in [-0.2, -0.15) is 0 Å². The van der Waals surface area contributed by atoms with Crippen LogP contribution in [0.5, 0.6) is 0 Å². The predicted molar refractivity (Wildman–Crippen MR) is 62.7 cm³/mol. The van der Waals surface area contributed by atoms with Gasteiger partial charge in [0.25, 0.3) is 0 Å². The Bertz CT molecular complexity index is 419. The van der Waals surface area contributed by atoms with Crippen LogP contribution in [0.3, 0.4) is 0 Å². The summed E-state index contributed by atoms with van der Waals surface area (Å²) in [6, 6.07) is 6.60. The Morgan fingerprint density at radius 2 is 1.69 bits per heavy atom. The number of aldehydes is 1. The van der Waals surface area contributed by atoms with Gasteiger partial charge in [-0.15, -0.1) is 0 Å². The van der Waals surface area contributed by atoms with E-state index < -0.39 is 5.91 Å². The van der Waals surface area contributed by atoms with Gasteiger partial charge in [0.2, 0.25) is 5.91 Å². The molecule has 1 aromatic carbocycles. The Hall–Kier alpha value is -2.10. The fourth-order valence-corrected chi connectivity index (χ4v) is 1.28. The number of nitrogens with zero attached hydrogens (tertiary/aromatic N) is 1. The lowest BCUT2D eigenvalue weighted by Crippen LogP contribution is -2.10. The molecule has 0 spiro atoms. The van der Waals surface area contributed by atoms with Crippen LogP contribution in [0.15, 0.2) is 30.5 Å². The average Bonchev–Trinajstić information content (AvgIpc) is 2.25. The minimum Gasteiger partial charge on any atom is -0.383 e. The maximum atomic E-state index is 10.9. The molecule has 1 aromatic rings. The molecule has 0 heterocycles. The van der Waals surface area contributed by atoms with Crippen molar-refractivity contribution in [3.63, 3.8) is 0 Å². The van der Waals surface area contributed by atoms with E-state index in [4.69, 9.17) is 5.73 Å². The minimum atomic E-state index is -0.476. The van der Waals surface area contributed by atoms with Gasteiger partial charge in [0.05, 0.1) is 0 Å². The van der Waals surface area contributed by atoms with Gasteiger partial charge in [-0.05, 0) is 17.7 Å². The van der Waals surface area contributed by atoms with Crippen LogP contribution in [-0.2, 0) is 4.79 Å². The van der Waals surface area contributed by atoms with Gasteiger partial charge in [-0.3, -0.25) is 9.59 Å². The first-order valence-electron chi connectivity index (χ1n) is 4.78. The zero-order valence-electron chi connectivity index (χ0n) is 9.31. The molecule has 4 nitrogen and oxygen atoms in total. The highest BCUT2D eigenvalue weighted by Crippen LogP contribution is 2.13. The molecule has 0 fully saturated rings. The Morgan fingerprint density at radius 3 is 2.06 bits per heavy atom. The van der Waals surface area contributed by atoms with Gasteiger partial charge < -0.3 is 10.6 Å². The van der Waals surface area contributed by atoms with Crippen LogP contribution in [0.25, 0.3) is 5.57 Å². The largest absolute Gasteiger partial charge is 0.383 e. The summed E-state index contributed by atoms with van der Waals surface area (Å²) >= 11 is 0. The maximum absolute atomic E-state index is 10.9. The van der Waals surface area contributed by atoms with Crippen LogP contribution in [-0.4, -0.2) is 31.2 Å². The number of carbonyl (C=O) groups excluding carboxylic acids is 2. The van der Waals surface area contributed by atoms with E-state index >= 15 is 0 Å². The van der Waals surface area contributed by atoms with Crippen molar-refractivity contribution in [2.45, 2.75) is 0 Å². The normalized spacial score (nSPS) is 11.0. The molecule has 0 aliphatic rings. The van der Waals surface area contributed by atoms with Gasteiger partial charge in [0, 0.05) is 31.4 Å². The van der Waals surface area contributed by atoms with Crippen LogP contribution < -0.4 is 5.73 Å². The molecule has 0 radical (unpaired) electrons. The standard InChI is InChI=1S/C12H14N2O2/c1-14(2)7-11(8-15)9-3-5-10(6-4-9)12(13)16/h3-8H,1-2H3,(H2,13,16).